The summed E-state index contributed by atoms with van der Waals surface area (Å²) in [5.74, 6) is -1.04. The van der Waals surface area contributed by atoms with E-state index in [0.29, 0.717) is 23.4 Å². The number of hydrogen-bond acceptors (Lipinski definition) is 6. The van der Waals surface area contributed by atoms with Crippen molar-refractivity contribution < 1.29 is 22.8 Å². The van der Waals surface area contributed by atoms with Crippen molar-refractivity contribution in [2.24, 2.45) is 0 Å². The van der Waals surface area contributed by atoms with Gasteiger partial charge in [-0.25, -0.2) is 8.42 Å². The Morgan fingerprint density at radius 2 is 1.87 bits per heavy atom. The number of amides is 2. The van der Waals surface area contributed by atoms with Crippen molar-refractivity contribution in [3.63, 3.8) is 0 Å². The van der Waals surface area contributed by atoms with Gasteiger partial charge in [-0.05, 0) is 49.4 Å². The molecule has 3 rings (SSSR count). The molecule has 30 heavy (non-hydrogen) atoms. The number of benzene rings is 2. The van der Waals surface area contributed by atoms with E-state index in [0.717, 1.165) is 4.90 Å². The van der Waals surface area contributed by atoms with Crippen LogP contribution < -0.4 is 10.6 Å². The number of thioether (sulfide) groups is 1. The Bertz CT molecular complexity index is 1090. The maximum Gasteiger partial charge on any atom is 0.225 e. The molecule has 9 heteroatoms. The molecular formula is C21H22N2O5S2. The number of hydrogen-bond donors (Lipinski definition) is 2. The van der Waals surface area contributed by atoms with Crippen molar-refractivity contribution in [2.45, 2.75) is 41.7 Å². The van der Waals surface area contributed by atoms with E-state index in [9.17, 15) is 22.8 Å². The summed E-state index contributed by atoms with van der Waals surface area (Å²) in [6, 6.07) is 11.0. The summed E-state index contributed by atoms with van der Waals surface area (Å²) in [6.45, 7) is 3.39. The van der Waals surface area contributed by atoms with E-state index in [4.69, 9.17) is 0 Å². The highest BCUT2D eigenvalue weighted by molar-refractivity contribution is 8.00. The monoisotopic (exact) mass is 446 g/mol. The molecule has 158 valence electrons. The van der Waals surface area contributed by atoms with Gasteiger partial charge in [-0.2, -0.15) is 0 Å². The topological polar surface area (TPSA) is 109 Å². The average molecular weight is 447 g/mol. The van der Waals surface area contributed by atoms with Crippen molar-refractivity contribution in [1.82, 2.24) is 0 Å². The van der Waals surface area contributed by atoms with Gasteiger partial charge in [0, 0.05) is 34.2 Å². The molecule has 1 aliphatic rings. The zero-order chi connectivity index (χ0) is 21.9. The molecule has 2 amide bonds. The van der Waals surface area contributed by atoms with Gasteiger partial charge in [0.2, 0.25) is 11.8 Å². The maximum atomic E-state index is 12.7. The lowest BCUT2D eigenvalue weighted by molar-refractivity contribution is -0.116. The lowest BCUT2D eigenvalue weighted by Gasteiger charge is -2.11. The Hall–Kier alpha value is -2.65. The molecule has 2 N–H and O–H groups in total. The smallest absolute Gasteiger partial charge is 0.225 e. The van der Waals surface area contributed by atoms with Crippen molar-refractivity contribution in [1.29, 1.82) is 0 Å². The predicted octanol–water partition coefficient (Wildman–Crippen LogP) is 3.51. The van der Waals surface area contributed by atoms with E-state index in [2.05, 4.69) is 10.6 Å². The lowest BCUT2D eigenvalue weighted by Crippen LogP contribution is -2.18. The van der Waals surface area contributed by atoms with Gasteiger partial charge >= 0.3 is 0 Å². The van der Waals surface area contributed by atoms with Crippen molar-refractivity contribution in [3.8, 4) is 0 Å². The predicted molar refractivity (Wildman–Crippen MR) is 117 cm³/mol. The van der Waals surface area contributed by atoms with Crippen LogP contribution in [0.3, 0.4) is 0 Å². The quantitative estimate of drug-likeness (QED) is 0.657. The Balaban J connectivity index is 1.65. The van der Waals surface area contributed by atoms with E-state index >= 15 is 0 Å². The second-order valence-electron chi connectivity index (χ2n) is 7.09. The molecule has 1 aliphatic heterocycles. The summed E-state index contributed by atoms with van der Waals surface area (Å²) in [7, 11) is -3.71. The van der Waals surface area contributed by atoms with Crippen LogP contribution >= 0.6 is 11.8 Å². The minimum absolute atomic E-state index is 0.0651. The number of nitrogens with one attached hydrogen (secondary N) is 2. The Labute approximate surface area is 179 Å². The van der Waals surface area contributed by atoms with E-state index in [1.165, 1.54) is 30.8 Å². The first-order valence-electron chi connectivity index (χ1n) is 9.38. The van der Waals surface area contributed by atoms with Crippen LogP contribution in [-0.2, 0) is 19.4 Å². The highest BCUT2D eigenvalue weighted by Crippen LogP contribution is 2.36. The third kappa shape index (κ3) is 5.48. The number of fused-ring (bicyclic) bond motifs is 1. The molecule has 0 fully saturated rings. The second kappa shape index (κ2) is 9.01. The summed E-state index contributed by atoms with van der Waals surface area (Å²) in [5, 5.41) is 5.47. The van der Waals surface area contributed by atoms with Gasteiger partial charge in [0.1, 0.15) is 0 Å². The van der Waals surface area contributed by atoms with Gasteiger partial charge in [-0.15, -0.1) is 11.8 Å². The molecule has 0 aromatic heterocycles. The van der Waals surface area contributed by atoms with E-state index in [1.54, 1.807) is 30.3 Å². The zero-order valence-corrected chi connectivity index (χ0v) is 18.2. The van der Waals surface area contributed by atoms with Crippen LogP contribution in [0.1, 0.15) is 37.0 Å². The maximum absolute atomic E-state index is 12.7. The second-order valence-corrected chi connectivity index (χ2v) is 10.7. The van der Waals surface area contributed by atoms with Crippen LogP contribution in [0, 0.1) is 0 Å². The number of Topliss-reactive ketones (excluding diaryl/α,β-unsaturated/α-hetero) is 1. The average Bonchev–Trinajstić information content (AvgIpc) is 2.82. The molecule has 0 saturated carbocycles. The number of rotatable bonds is 6. The minimum atomic E-state index is -3.71. The summed E-state index contributed by atoms with van der Waals surface area (Å²) >= 11 is 1.51. The molecule has 7 nitrogen and oxygen atoms in total. The number of ketones is 1. The van der Waals surface area contributed by atoms with E-state index < -0.39 is 15.7 Å². The Kier molecular flexibility index (Phi) is 6.62. The molecule has 1 atom stereocenters. The largest absolute Gasteiger partial charge is 0.326 e. The van der Waals surface area contributed by atoms with Crippen molar-refractivity contribution in [3.05, 3.63) is 48.0 Å². The van der Waals surface area contributed by atoms with Crippen LogP contribution in [0.5, 0.6) is 0 Å². The fourth-order valence-electron chi connectivity index (χ4n) is 2.98. The first kappa shape index (κ1) is 22.0. The van der Waals surface area contributed by atoms with Gasteiger partial charge in [0.15, 0.2) is 15.6 Å². The van der Waals surface area contributed by atoms with Gasteiger partial charge in [0.05, 0.1) is 16.3 Å². The van der Waals surface area contributed by atoms with Gasteiger partial charge in [-0.3, -0.25) is 14.4 Å². The lowest BCUT2D eigenvalue weighted by atomic mass is 10.1. The van der Waals surface area contributed by atoms with Gasteiger partial charge < -0.3 is 10.6 Å². The molecule has 0 radical (unpaired) electrons. The molecule has 0 unspecified atom stereocenters. The SMILES string of the molecule is CC(=O)c1ccc(NC(=O)CCS(=O)(=O)c2ccc3c(c2)NC(=O)C[C@H](C)S3)cc1. The normalized spacial score (nSPS) is 16.2. The Morgan fingerprint density at radius 1 is 1.17 bits per heavy atom. The summed E-state index contributed by atoms with van der Waals surface area (Å²) in [6.07, 6.45) is 0.140. The molecule has 0 aliphatic carbocycles. The highest BCUT2D eigenvalue weighted by atomic mass is 32.2. The third-order valence-corrected chi connectivity index (χ3v) is 7.45. The number of carbonyl (C=O) groups is 3. The van der Waals surface area contributed by atoms with E-state index in [1.807, 2.05) is 6.92 Å². The molecule has 0 bridgehead atoms. The van der Waals surface area contributed by atoms with Crippen LogP contribution in [0.4, 0.5) is 11.4 Å². The molecule has 2 aromatic rings. The number of sulfone groups is 1. The molecule has 0 saturated heterocycles. The zero-order valence-electron chi connectivity index (χ0n) is 16.6. The van der Waals surface area contributed by atoms with Crippen molar-refractivity contribution >= 4 is 50.6 Å². The fraction of sp³-hybridized carbons (Fsp3) is 0.286. The van der Waals surface area contributed by atoms with Gasteiger partial charge in [-0.1, -0.05) is 6.92 Å². The summed E-state index contributed by atoms with van der Waals surface area (Å²) in [4.78, 5) is 36.3. The standard InChI is InChI=1S/C21H22N2O5S2/c1-13-11-21(26)23-18-12-17(7-8-19(18)29-13)30(27,28)10-9-20(25)22-16-5-3-15(4-6-16)14(2)24/h3-8,12-13H,9-11H2,1-2H3,(H,22,25)(H,23,26)/t13-/m0/s1. The van der Waals surface area contributed by atoms with Crippen LogP contribution in [-0.4, -0.2) is 37.0 Å². The Morgan fingerprint density at radius 3 is 2.53 bits per heavy atom. The van der Waals surface area contributed by atoms with Crippen LogP contribution in [0.15, 0.2) is 52.3 Å². The number of anilines is 2. The first-order chi connectivity index (χ1) is 14.1. The number of carbonyl (C=O) groups excluding carboxylic acids is 3. The van der Waals surface area contributed by atoms with Crippen LogP contribution in [0.25, 0.3) is 0 Å². The third-order valence-electron chi connectivity index (χ3n) is 4.56. The first-order valence-corrected chi connectivity index (χ1v) is 11.9. The highest BCUT2D eigenvalue weighted by Gasteiger charge is 2.23. The minimum Gasteiger partial charge on any atom is -0.326 e. The molecule has 2 aromatic carbocycles. The van der Waals surface area contributed by atoms with Crippen LogP contribution in [0.2, 0.25) is 0 Å². The molecular weight excluding hydrogens is 424 g/mol. The molecule has 1 heterocycles. The van der Waals surface area contributed by atoms with E-state index in [-0.39, 0.29) is 34.0 Å². The fourth-order valence-corrected chi connectivity index (χ4v) is 5.29. The summed E-state index contributed by atoms with van der Waals surface area (Å²) < 4.78 is 25.4. The summed E-state index contributed by atoms with van der Waals surface area (Å²) in [5.41, 5.74) is 1.49. The van der Waals surface area contributed by atoms with Gasteiger partial charge in [0.25, 0.3) is 0 Å². The molecule has 0 spiro atoms. The van der Waals surface area contributed by atoms with Crippen molar-refractivity contribution in [2.75, 3.05) is 16.4 Å².